The van der Waals surface area contributed by atoms with E-state index in [1.807, 2.05) is 18.2 Å². The Morgan fingerprint density at radius 3 is 2.31 bits per heavy atom. The predicted octanol–water partition coefficient (Wildman–Crippen LogP) is 2.90. The number of benzene rings is 2. The minimum atomic E-state index is -3.56. The summed E-state index contributed by atoms with van der Waals surface area (Å²) < 4.78 is 41.1. The minimum Gasteiger partial charge on any atom is -0.486 e. The molecule has 0 saturated carbocycles. The molecule has 9 nitrogen and oxygen atoms in total. The van der Waals surface area contributed by atoms with Gasteiger partial charge in [-0.3, -0.25) is 4.79 Å². The fraction of sp³-hybridized carbons (Fsp3) is 0.182. The van der Waals surface area contributed by atoms with Gasteiger partial charge in [0.25, 0.3) is 5.91 Å². The van der Waals surface area contributed by atoms with Crippen molar-refractivity contribution in [1.29, 1.82) is 0 Å². The zero-order valence-electron chi connectivity index (χ0n) is 17.5. The second-order valence-electron chi connectivity index (χ2n) is 6.80. The van der Waals surface area contributed by atoms with Crippen molar-refractivity contribution in [3.63, 3.8) is 0 Å². The molecule has 3 rings (SSSR count). The first-order valence-electron chi connectivity index (χ1n) is 9.52. The van der Waals surface area contributed by atoms with Gasteiger partial charge in [0.05, 0.1) is 4.90 Å². The van der Waals surface area contributed by atoms with E-state index in [1.165, 1.54) is 44.4 Å². The summed E-state index contributed by atoms with van der Waals surface area (Å²) in [6, 6.07) is 17.8. The zero-order chi connectivity index (χ0) is 23.1. The van der Waals surface area contributed by atoms with E-state index in [1.54, 1.807) is 18.2 Å². The lowest BCUT2D eigenvalue weighted by atomic mass is 10.3. The number of hydrogen-bond acceptors (Lipinski definition) is 7. The summed E-state index contributed by atoms with van der Waals surface area (Å²) in [5, 5.41) is 2.53. The number of nitrogens with zero attached hydrogens (tertiary/aromatic N) is 1. The van der Waals surface area contributed by atoms with Crippen LogP contribution in [-0.4, -0.2) is 45.3 Å². The molecule has 0 aliphatic carbocycles. The fourth-order valence-electron chi connectivity index (χ4n) is 2.56. The number of para-hydroxylation sites is 1. The maximum atomic E-state index is 12.1. The van der Waals surface area contributed by atoms with Gasteiger partial charge in [0.15, 0.2) is 6.61 Å². The zero-order valence-corrected chi connectivity index (χ0v) is 18.3. The van der Waals surface area contributed by atoms with Crippen LogP contribution in [0.25, 0.3) is 0 Å². The maximum absolute atomic E-state index is 12.1. The summed E-state index contributed by atoms with van der Waals surface area (Å²) in [5.41, 5.74) is 0.363. The Balaban J connectivity index is 1.48. The molecule has 0 spiro atoms. The molecule has 1 N–H and O–H groups in total. The van der Waals surface area contributed by atoms with Crippen LogP contribution in [0.15, 0.2) is 76.0 Å². The summed E-state index contributed by atoms with van der Waals surface area (Å²) in [4.78, 5) is 24.2. The monoisotopic (exact) mass is 458 g/mol. The van der Waals surface area contributed by atoms with Crippen molar-refractivity contribution in [1.82, 2.24) is 4.31 Å². The lowest BCUT2D eigenvalue weighted by Crippen LogP contribution is -2.22. The van der Waals surface area contributed by atoms with Gasteiger partial charge >= 0.3 is 5.97 Å². The molecule has 2 aromatic carbocycles. The molecule has 0 atom stereocenters. The highest BCUT2D eigenvalue weighted by atomic mass is 32.2. The molecule has 10 heteroatoms. The topological polar surface area (TPSA) is 115 Å². The van der Waals surface area contributed by atoms with E-state index < -0.39 is 28.5 Å². The van der Waals surface area contributed by atoms with Crippen molar-refractivity contribution >= 4 is 27.6 Å². The molecule has 0 unspecified atom stereocenters. The molecular weight excluding hydrogens is 436 g/mol. The van der Waals surface area contributed by atoms with E-state index in [2.05, 4.69) is 5.32 Å². The summed E-state index contributed by atoms with van der Waals surface area (Å²) in [6.07, 6.45) is 0. The third kappa shape index (κ3) is 5.96. The van der Waals surface area contributed by atoms with Gasteiger partial charge in [0, 0.05) is 19.8 Å². The van der Waals surface area contributed by atoms with Gasteiger partial charge in [0.1, 0.15) is 18.1 Å². The Kier molecular flexibility index (Phi) is 7.29. The van der Waals surface area contributed by atoms with Crippen molar-refractivity contribution < 1.29 is 31.9 Å². The van der Waals surface area contributed by atoms with Gasteiger partial charge < -0.3 is 19.2 Å². The van der Waals surface area contributed by atoms with Crippen LogP contribution in [0.4, 0.5) is 5.69 Å². The lowest BCUT2D eigenvalue weighted by Gasteiger charge is -2.12. The molecule has 0 saturated heterocycles. The molecule has 0 bridgehead atoms. The highest BCUT2D eigenvalue weighted by Gasteiger charge is 2.18. The third-order valence-electron chi connectivity index (χ3n) is 4.24. The van der Waals surface area contributed by atoms with Crippen LogP contribution in [0.3, 0.4) is 0 Å². The smallest absolute Gasteiger partial charge is 0.374 e. The molecule has 1 heterocycles. The number of anilines is 1. The quantitative estimate of drug-likeness (QED) is 0.490. The number of carbonyl (C=O) groups excluding carboxylic acids is 2. The maximum Gasteiger partial charge on any atom is 0.374 e. The number of nitrogens with one attached hydrogen (secondary N) is 1. The van der Waals surface area contributed by atoms with E-state index in [9.17, 15) is 18.0 Å². The van der Waals surface area contributed by atoms with Gasteiger partial charge in [-0.15, -0.1) is 0 Å². The van der Waals surface area contributed by atoms with Crippen LogP contribution in [0.1, 0.15) is 16.3 Å². The average molecular weight is 458 g/mol. The third-order valence-corrected chi connectivity index (χ3v) is 6.07. The largest absolute Gasteiger partial charge is 0.486 e. The predicted molar refractivity (Wildman–Crippen MR) is 116 cm³/mol. The van der Waals surface area contributed by atoms with Crippen LogP contribution in [0.5, 0.6) is 5.75 Å². The van der Waals surface area contributed by atoms with Crippen molar-refractivity contribution in [3.8, 4) is 5.75 Å². The normalized spacial score (nSPS) is 11.2. The molecule has 32 heavy (non-hydrogen) atoms. The molecule has 168 valence electrons. The highest BCUT2D eigenvalue weighted by molar-refractivity contribution is 7.89. The number of carbonyl (C=O) groups is 2. The molecular formula is C22H22N2O7S. The van der Waals surface area contributed by atoms with E-state index in [4.69, 9.17) is 13.9 Å². The second-order valence-corrected chi connectivity index (χ2v) is 8.96. The van der Waals surface area contributed by atoms with Crippen LogP contribution < -0.4 is 10.1 Å². The number of rotatable bonds is 9. The van der Waals surface area contributed by atoms with Gasteiger partial charge in [-0.2, -0.15) is 0 Å². The molecule has 1 amide bonds. The summed E-state index contributed by atoms with van der Waals surface area (Å²) in [5.74, 6) is -0.336. The van der Waals surface area contributed by atoms with E-state index >= 15 is 0 Å². The van der Waals surface area contributed by atoms with Gasteiger partial charge in [0.2, 0.25) is 15.8 Å². The van der Waals surface area contributed by atoms with Gasteiger partial charge in [-0.05, 0) is 48.5 Å². The Morgan fingerprint density at radius 2 is 1.66 bits per heavy atom. The standard InChI is InChI=1S/C22H22N2O7S/c1-24(2)32(27,28)19-11-8-16(9-12-19)23-21(25)15-30-22(26)20-13-10-18(31-20)14-29-17-6-4-3-5-7-17/h3-13H,14-15H2,1-2H3,(H,23,25). The number of hydrogen-bond donors (Lipinski definition) is 1. The molecule has 3 aromatic rings. The summed E-state index contributed by atoms with van der Waals surface area (Å²) in [6.45, 7) is -0.398. The lowest BCUT2D eigenvalue weighted by molar-refractivity contribution is -0.119. The highest BCUT2D eigenvalue weighted by Crippen LogP contribution is 2.17. The van der Waals surface area contributed by atoms with Crippen molar-refractivity contribution in [2.24, 2.45) is 0 Å². The van der Waals surface area contributed by atoms with Crippen LogP contribution in [0, 0.1) is 0 Å². The van der Waals surface area contributed by atoms with E-state index in [0.29, 0.717) is 17.2 Å². The number of sulfonamides is 1. The van der Waals surface area contributed by atoms with Gasteiger partial charge in [-0.25, -0.2) is 17.5 Å². The van der Waals surface area contributed by atoms with Crippen LogP contribution >= 0.6 is 0 Å². The van der Waals surface area contributed by atoms with Crippen molar-refractivity contribution in [2.45, 2.75) is 11.5 Å². The fourth-order valence-corrected chi connectivity index (χ4v) is 3.46. The molecule has 0 aliphatic heterocycles. The average Bonchev–Trinajstić information content (AvgIpc) is 3.26. The second kappa shape index (κ2) is 10.1. The van der Waals surface area contributed by atoms with Crippen molar-refractivity contribution in [3.05, 3.63) is 78.3 Å². The summed E-state index contributed by atoms with van der Waals surface area (Å²) in [7, 11) is -0.704. The molecule has 1 aromatic heterocycles. The number of ether oxygens (including phenoxy) is 2. The number of furan rings is 1. The Bertz CT molecular complexity index is 1170. The van der Waals surface area contributed by atoms with Crippen LogP contribution in [-0.2, 0) is 26.2 Å². The first-order chi connectivity index (χ1) is 15.3. The van der Waals surface area contributed by atoms with Gasteiger partial charge in [-0.1, -0.05) is 18.2 Å². The SMILES string of the molecule is CN(C)S(=O)(=O)c1ccc(NC(=O)COC(=O)c2ccc(COc3ccccc3)o2)cc1. The van der Waals surface area contributed by atoms with E-state index in [0.717, 1.165) is 4.31 Å². The van der Waals surface area contributed by atoms with Crippen LogP contribution in [0.2, 0.25) is 0 Å². The Labute approximate surface area is 185 Å². The Hall–Kier alpha value is -3.63. The van der Waals surface area contributed by atoms with Crippen molar-refractivity contribution in [2.75, 3.05) is 26.0 Å². The first-order valence-corrected chi connectivity index (χ1v) is 11.0. The molecule has 0 fully saturated rings. The summed E-state index contributed by atoms with van der Waals surface area (Å²) >= 11 is 0. The number of amides is 1. The molecule has 0 radical (unpaired) electrons. The Morgan fingerprint density at radius 1 is 0.969 bits per heavy atom. The molecule has 0 aliphatic rings. The van der Waals surface area contributed by atoms with E-state index in [-0.39, 0.29) is 17.3 Å². The first kappa shape index (κ1) is 23.0. The number of esters is 1. The minimum absolute atomic E-state index is 0.0530.